The molecular formula is C19H14N4O2S. The normalized spacial score (nSPS) is 10.8. The Labute approximate surface area is 153 Å². The highest BCUT2D eigenvalue weighted by Crippen LogP contribution is 2.27. The van der Waals surface area contributed by atoms with Crippen LogP contribution in [0.1, 0.15) is 10.4 Å². The highest BCUT2D eigenvalue weighted by Gasteiger charge is 2.16. The second-order valence-corrected chi connectivity index (χ2v) is 6.06. The summed E-state index contributed by atoms with van der Waals surface area (Å²) in [5.41, 5.74) is 3.68. The number of nitrogens with zero attached hydrogens (tertiary/aromatic N) is 2. The molecule has 4 aromatic rings. The average molecular weight is 362 g/mol. The fraction of sp³-hybridized carbons (Fsp3) is 0. The van der Waals surface area contributed by atoms with Crippen LogP contribution in [0, 0.1) is 4.77 Å². The number of carbonyl (C=O) groups excluding carboxylic acids is 1. The van der Waals surface area contributed by atoms with E-state index in [2.05, 4.69) is 15.6 Å². The Morgan fingerprint density at radius 3 is 2.62 bits per heavy atom. The van der Waals surface area contributed by atoms with E-state index in [1.165, 1.54) is 16.8 Å². The molecule has 4 rings (SSSR count). The second kappa shape index (κ2) is 6.45. The Kier molecular flexibility index (Phi) is 3.98. The molecule has 1 heterocycles. The lowest BCUT2D eigenvalue weighted by atomic mass is 10.0. The van der Waals surface area contributed by atoms with Gasteiger partial charge < -0.3 is 5.11 Å². The maximum atomic E-state index is 12.6. The number of hydrogen-bond donors (Lipinski definition) is 3. The first-order valence-electron chi connectivity index (χ1n) is 7.90. The minimum Gasteiger partial charge on any atom is -0.507 e. The lowest BCUT2D eigenvalue weighted by Gasteiger charge is -2.11. The average Bonchev–Trinajstić information content (AvgIpc) is 3.02. The van der Waals surface area contributed by atoms with Gasteiger partial charge in [-0.3, -0.25) is 10.2 Å². The van der Waals surface area contributed by atoms with Crippen molar-refractivity contribution in [2.75, 3.05) is 5.43 Å². The van der Waals surface area contributed by atoms with E-state index < -0.39 is 5.91 Å². The Bertz CT molecular complexity index is 1170. The van der Waals surface area contributed by atoms with Crippen LogP contribution >= 0.6 is 12.2 Å². The molecule has 128 valence electrons. The molecule has 0 aliphatic rings. The molecule has 0 aliphatic heterocycles. The number of benzene rings is 3. The summed E-state index contributed by atoms with van der Waals surface area (Å²) in [5.74, 6) is -0.107. The number of aromatic amines is 1. The number of amides is 1. The Morgan fingerprint density at radius 1 is 1.04 bits per heavy atom. The number of carbonyl (C=O) groups is 1. The third-order valence-corrected chi connectivity index (χ3v) is 4.34. The molecule has 1 amide bonds. The molecule has 0 unspecified atom stereocenters. The summed E-state index contributed by atoms with van der Waals surface area (Å²) in [6.07, 6.45) is 0. The molecule has 26 heavy (non-hydrogen) atoms. The quantitative estimate of drug-likeness (QED) is 0.484. The Balaban J connectivity index is 1.80. The standard InChI is InChI=1S/C19H14N4O2S/c24-16-11-4-3-9-15(16)18(25)22-23-17(20-21-19(23)26)14-10-5-7-12-6-1-2-8-13(12)14/h1-11,24H,(H,21,26)(H,22,25). The van der Waals surface area contributed by atoms with Crippen LogP contribution in [0.25, 0.3) is 22.2 Å². The van der Waals surface area contributed by atoms with Gasteiger partial charge in [-0.25, -0.2) is 9.77 Å². The van der Waals surface area contributed by atoms with Crippen LogP contribution in [-0.2, 0) is 0 Å². The van der Waals surface area contributed by atoms with Crippen molar-refractivity contribution in [2.24, 2.45) is 0 Å². The smallest absolute Gasteiger partial charge is 0.273 e. The van der Waals surface area contributed by atoms with Crippen LogP contribution in [0.5, 0.6) is 5.75 Å². The zero-order valence-corrected chi connectivity index (χ0v) is 14.3. The molecular weight excluding hydrogens is 348 g/mol. The van der Waals surface area contributed by atoms with Crippen molar-refractivity contribution < 1.29 is 9.90 Å². The highest BCUT2D eigenvalue weighted by molar-refractivity contribution is 7.71. The number of phenolic OH excluding ortho intramolecular Hbond substituents is 1. The highest BCUT2D eigenvalue weighted by atomic mass is 32.1. The molecule has 0 atom stereocenters. The third kappa shape index (κ3) is 2.74. The molecule has 1 aromatic heterocycles. The molecule has 0 bridgehead atoms. The van der Waals surface area contributed by atoms with Crippen LogP contribution in [0.15, 0.2) is 66.7 Å². The minimum absolute atomic E-state index is 0.105. The predicted molar refractivity (Wildman–Crippen MR) is 102 cm³/mol. The molecule has 0 spiro atoms. The van der Waals surface area contributed by atoms with E-state index in [1.807, 2.05) is 42.5 Å². The Morgan fingerprint density at radius 2 is 1.77 bits per heavy atom. The number of phenols is 1. The summed E-state index contributed by atoms with van der Waals surface area (Å²) in [5, 5.41) is 18.9. The zero-order chi connectivity index (χ0) is 18.1. The lowest BCUT2D eigenvalue weighted by molar-refractivity contribution is 0.100. The first-order valence-corrected chi connectivity index (χ1v) is 8.31. The van der Waals surface area contributed by atoms with E-state index in [-0.39, 0.29) is 16.1 Å². The van der Waals surface area contributed by atoms with Crippen molar-refractivity contribution >= 4 is 28.9 Å². The van der Waals surface area contributed by atoms with Crippen LogP contribution in [-0.4, -0.2) is 25.9 Å². The molecule has 0 aliphatic carbocycles. The number of aromatic nitrogens is 3. The van der Waals surface area contributed by atoms with Crippen LogP contribution in [0.2, 0.25) is 0 Å². The van der Waals surface area contributed by atoms with Gasteiger partial charge in [0.25, 0.3) is 5.91 Å². The van der Waals surface area contributed by atoms with Gasteiger partial charge in [-0.2, -0.15) is 5.10 Å². The topological polar surface area (TPSA) is 82.9 Å². The van der Waals surface area contributed by atoms with Crippen molar-refractivity contribution in [1.82, 2.24) is 14.9 Å². The molecule has 7 heteroatoms. The van der Waals surface area contributed by atoms with Gasteiger partial charge in [-0.15, -0.1) is 0 Å². The summed E-state index contributed by atoms with van der Waals surface area (Å²) in [6, 6.07) is 20.0. The van der Waals surface area contributed by atoms with E-state index in [0.717, 1.165) is 16.3 Å². The van der Waals surface area contributed by atoms with E-state index in [0.29, 0.717) is 5.82 Å². The van der Waals surface area contributed by atoms with Crippen molar-refractivity contribution in [2.45, 2.75) is 0 Å². The number of para-hydroxylation sites is 1. The zero-order valence-electron chi connectivity index (χ0n) is 13.5. The Hall–Kier alpha value is -3.45. The monoisotopic (exact) mass is 362 g/mol. The maximum absolute atomic E-state index is 12.6. The van der Waals surface area contributed by atoms with Gasteiger partial charge in [-0.1, -0.05) is 54.6 Å². The summed E-state index contributed by atoms with van der Waals surface area (Å²) in [7, 11) is 0. The van der Waals surface area contributed by atoms with Crippen molar-refractivity contribution in [3.63, 3.8) is 0 Å². The second-order valence-electron chi connectivity index (χ2n) is 5.67. The number of nitrogens with one attached hydrogen (secondary N) is 2. The van der Waals surface area contributed by atoms with Crippen LogP contribution in [0.3, 0.4) is 0 Å². The minimum atomic E-state index is -0.484. The molecule has 3 N–H and O–H groups in total. The van der Waals surface area contributed by atoms with Gasteiger partial charge in [0.15, 0.2) is 5.82 Å². The van der Waals surface area contributed by atoms with Gasteiger partial charge >= 0.3 is 0 Å². The lowest BCUT2D eigenvalue weighted by Crippen LogP contribution is -2.24. The van der Waals surface area contributed by atoms with Crippen LogP contribution in [0.4, 0.5) is 0 Å². The van der Waals surface area contributed by atoms with Gasteiger partial charge in [0, 0.05) is 5.56 Å². The van der Waals surface area contributed by atoms with Gasteiger partial charge in [0.1, 0.15) is 5.75 Å². The van der Waals surface area contributed by atoms with Gasteiger partial charge in [-0.05, 0) is 35.1 Å². The molecule has 6 nitrogen and oxygen atoms in total. The van der Waals surface area contributed by atoms with Gasteiger partial charge in [0.2, 0.25) is 4.77 Å². The predicted octanol–water partition coefficient (Wildman–Crippen LogP) is 3.85. The summed E-state index contributed by atoms with van der Waals surface area (Å²) >= 11 is 5.26. The summed E-state index contributed by atoms with van der Waals surface area (Å²) in [6.45, 7) is 0. The molecule has 0 saturated heterocycles. The van der Waals surface area contributed by atoms with Crippen molar-refractivity contribution in [3.8, 4) is 17.1 Å². The van der Waals surface area contributed by atoms with E-state index in [1.54, 1.807) is 12.1 Å². The van der Waals surface area contributed by atoms with Gasteiger partial charge in [0.05, 0.1) is 5.56 Å². The summed E-state index contributed by atoms with van der Waals surface area (Å²) in [4.78, 5) is 12.6. The first kappa shape index (κ1) is 16.0. The van der Waals surface area contributed by atoms with Crippen molar-refractivity contribution in [3.05, 3.63) is 77.1 Å². The van der Waals surface area contributed by atoms with Crippen LogP contribution < -0.4 is 5.43 Å². The molecule has 0 radical (unpaired) electrons. The number of rotatable bonds is 3. The molecule has 0 fully saturated rings. The number of H-pyrrole nitrogens is 1. The molecule has 0 saturated carbocycles. The number of aromatic hydroxyl groups is 1. The SMILES string of the molecule is O=C(Nn1c(-c2cccc3ccccc23)n[nH]c1=S)c1ccccc1O. The first-order chi connectivity index (χ1) is 12.6. The number of hydrogen-bond acceptors (Lipinski definition) is 4. The van der Waals surface area contributed by atoms with E-state index in [4.69, 9.17) is 12.2 Å². The van der Waals surface area contributed by atoms with Crippen molar-refractivity contribution in [1.29, 1.82) is 0 Å². The largest absolute Gasteiger partial charge is 0.507 e. The fourth-order valence-corrected chi connectivity index (χ4v) is 3.01. The number of fused-ring (bicyclic) bond motifs is 1. The fourth-order valence-electron chi connectivity index (χ4n) is 2.83. The van der Waals surface area contributed by atoms with E-state index >= 15 is 0 Å². The summed E-state index contributed by atoms with van der Waals surface area (Å²) < 4.78 is 1.66. The third-order valence-electron chi connectivity index (χ3n) is 4.06. The van der Waals surface area contributed by atoms with E-state index in [9.17, 15) is 9.90 Å². The maximum Gasteiger partial charge on any atom is 0.273 e. The molecule has 3 aromatic carbocycles.